The zero-order valence-corrected chi connectivity index (χ0v) is 17.0. The molecule has 0 saturated heterocycles. The van der Waals surface area contributed by atoms with Gasteiger partial charge in [-0.15, -0.1) is 0 Å². The highest BCUT2D eigenvalue weighted by atomic mass is 16.1. The predicted molar refractivity (Wildman–Crippen MR) is 111 cm³/mol. The van der Waals surface area contributed by atoms with Crippen molar-refractivity contribution in [3.63, 3.8) is 0 Å². The van der Waals surface area contributed by atoms with Crippen LogP contribution in [0.25, 0.3) is 0 Å². The summed E-state index contributed by atoms with van der Waals surface area (Å²) in [7, 11) is 4.12. The molecule has 1 heterocycles. The van der Waals surface area contributed by atoms with Crippen molar-refractivity contribution in [1.29, 1.82) is 0 Å². The van der Waals surface area contributed by atoms with Gasteiger partial charge in [-0.05, 0) is 17.7 Å². The number of carbonyl (C=O) groups is 1. The van der Waals surface area contributed by atoms with Crippen LogP contribution in [0.3, 0.4) is 0 Å². The molecule has 1 unspecified atom stereocenters. The maximum absolute atomic E-state index is 12.2. The van der Waals surface area contributed by atoms with Crippen LogP contribution in [0.15, 0.2) is 48.5 Å². The first kappa shape index (κ1) is 19.4. The Morgan fingerprint density at radius 3 is 2.37 bits per heavy atom. The predicted octanol–water partition coefficient (Wildman–Crippen LogP) is 2.21. The minimum absolute atomic E-state index is 0.0128. The smallest absolute Gasteiger partial charge is 0.222 e. The van der Waals surface area contributed by atoms with Gasteiger partial charge in [0.25, 0.3) is 0 Å². The van der Waals surface area contributed by atoms with Crippen LogP contribution in [0.4, 0.5) is 5.69 Å². The molecule has 2 aromatic rings. The monoisotopic (exact) mass is 366 g/mol. The summed E-state index contributed by atoms with van der Waals surface area (Å²) in [4.78, 5) is 15.8. The van der Waals surface area contributed by atoms with Crippen LogP contribution in [-0.2, 0) is 17.8 Å². The molecule has 0 aromatic heterocycles. The van der Waals surface area contributed by atoms with Gasteiger partial charge in [-0.3, -0.25) is 4.79 Å². The van der Waals surface area contributed by atoms with Gasteiger partial charge < -0.3 is 15.1 Å². The van der Waals surface area contributed by atoms with Crippen molar-refractivity contribution in [2.24, 2.45) is 5.92 Å². The molecule has 0 saturated carbocycles. The van der Waals surface area contributed by atoms with Crippen LogP contribution in [-0.4, -0.2) is 33.1 Å². The van der Waals surface area contributed by atoms with Gasteiger partial charge in [0.05, 0.1) is 13.1 Å². The average Bonchev–Trinajstić information content (AvgIpc) is 2.68. The Hall–Kier alpha value is -2.33. The van der Waals surface area contributed by atoms with E-state index < -0.39 is 0 Å². The minimum atomic E-state index is 0.0128. The molecule has 2 aromatic carbocycles. The van der Waals surface area contributed by atoms with E-state index in [0.717, 1.165) is 19.5 Å². The standard InChI is InChI=1S/C23H31N3O/c1-17(2)23(27)24-15-22(19-9-11-21(12-10-19)25(3)4)26-14-13-18-7-5-6-8-20(18)16-26/h5-12,17,22H,13-16H2,1-4H3,(H,24,27)/p+1/t22-/m1/s1. The van der Waals surface area contributed by atoms with Gasteiger partial charge in [-0.1, -0.05) is 50.2 Å². The summed E-state index contributed by atoms with van der Waals surface area (Å²) in [6.45, 7) is 6.67. The number of fused-ring (bicyclic) bond motifs is 1. The topological polar surface area (TPSA) is 36.8 Å². The highest BCUT2D eigenvalue weighted by Crippen LogP contribution is 2.18. The Morgan fingerprint density at radius 2 is 1.74 bits per heavy atom. The molecule has 4 nitrogen and oxygen atoms in total. The lowest BCUT2D eigenvalue weighted by Gasteiger charge is -2.33. The SMILES string of the molecule is CC(C)C(=O)NC[C@H](c1ccc(N(C)C)cc1)[NH+]1CCc2ccccc2C1. The Labute approximate surface area is 163 Å². The zero-order chi connectivity index (χ0) is 19.4. The molecule has 144 valence electrons. The Bertz CT molecular complexity index is 767. The maximum atomic E-state index is 12.2. The third-order valence-electron chi connectivity index (χ3n) is 5.56. The number of hydrogen-bond donors (Lipinski definition) is 2. The van der Waals surface area contributed by atoms with E-state index in [-0.39, 0.29) is 17.9 Å². The first-order valence-corrected chi connectivity index (χ1v) is 9.92. The van der Waals surface area contributed by atoms with E-state index in [1.54, 1.807) is 0 Å². The summed E-state index contributed by atoms with van der Waals surface area (Å²) in [6.07, 6.45) is 1.09. The molecule has 2 atom stereocenters. The quantitative estimate of drug-likeness (QED) is 0.822. The molecule has 27 heavy (non-hydrogen) atoms. The van der Waals surface area contributed by atoms with E-state index in [1.807, 2.05) is 13.8 Å². The fourth-order valence-corrected chi connectivity index (χ4v) is 3.81. The van der Waals surface area contributed by atoms with Crippen LogP contribution >= 0.6 is 0 Å². The summed E-state index contributed by atoms with van der Waals surface area (Å²) in [6, 6.07) is 17.8. The van der Waals surface area contributed by atoms with Gasteiger partial charge in [0.1, 0.15) is 12.6 Å². The van der Waals surface area contributed by atoms with E-state index in [2.05, 4.69) is 72.8 Å². The van der Waals surface area contributed by atoms with Gasteiger partial charge >= 0.3 is 0 Å². The fourth-order valence-electron chi connectivity index (χ4n) is 3.81. The van der Waals surface area contributed by atoms with E-state index >= 15 is 0 Å². The first-order chi connectivity index (χ1) is 13.0. The first-order valence-electron chi connectivity index (χ1n) is 9.92. The lowest BCUT2D eigenvalue weighted by Crippen LogP contribution is -3.12. The number of quaternary nitrogens is 1. The number of benzene rings is 2. The van der Waals surface area contributed by atoms with Crippen molar-refractivity contribution in [2.75, 3.05) is 32.1 Å². The van der Waals surface area contributed by atoms with E-state index in [1.165, 1.54) is 27.3 Å². The third kappa shape index (κ3) is 4.69. The largest absolute Gasteiger partial charge is 0.378 e. The second-order valence-corrected chi connectivity index (χ2v) is 8.04. The van der Waals surface area contributed by atoms with Crippen molar-refractivity contribution in [1.82, 2.24) is 5.32 Å². The number of nitrogens with zero attached hydrogens (tertiary/aromatic N) is 1. The van der Waals surface area contributed by atoms with Crippen LogP contribution < -0.4 is 15.1 Å². The average molecular weight is 367 g/mol. The molecule has 0 spiro atoms. The van der Waals surface area contributed by atoms with E-state index in [4.69, 9.17) is 0 Å². The van der Waals surface area contributed by atoms with E-state index in [9.17, 15) is 4.79 Å². The Morgan fingerprint density at radius 1 is 1.07 bits per heavy atom. The molecular weight excluding hydrogens is 334 g/mol. The third-order valence-corrected chi connectivity index (χ3v) is 5.56. The number of carbonyl (C=O) groups excluding carboxylic acids is 1. The molecule has 3 rings (SSSR count). The summed E-state index contributed by atoms with van der Waals surface area (Å²) in [5, 5.41) is 3.17. The van der Waals surface area contributed by atoms with Crippen LogP contribution in [0, 0.1) is 5.92 Å². The molecule has 0 fully saturated rings. The maximum Gasteiger partial charge on any atom is 0.222 e. The van der Waals surface area contributed by atoms with Gasteiger partial charge in [0.2, 0.25) is 5.91 Å². The van der Waals surface area contributed by atoms with Crippen molar-refractivity contribution in [3.8, 4) is 0 Å². The summed E-state index contributed by atoms with van der Waals surface area (Å²) >= 11 is 0. The van der Waals surface area contributed by atoms with Crippen LogP contribution in [0.2, 0.25) is 0 Å². The van der Waals surface area contributed by atoms with Crippen molar-refractivity contribution in [3.05, 3.63) is 65.2 Å². The molecule has 0 radical (unpaired) electrons. The summed E-state index contributed by atoms with van der Waals surface area (Å²) in [5.41, 5.74) is 5.39. The fraction of sp³-hybridized carbons (Fsp3) is 0.435. The van der Waals surface area contributed by atoms with Gasteiger partial charge in [0.15, 0.2) is 0 Å². The van der Waals surface area contributed by atoms with Gasteiger partial charge in [0, 0.05) is 43.2 Å². The molecule has 0 bridgehead atoms. The highest BCUT2D eigenvalue weighted by molar-refractivity contribution is 5.77. The number of hydrogen-bond acceptors (Lipinski definition) is 2. The number of amides is 1. The summed E-state index contributed by atoms with van der Waals surface area (Å²) in [5.74, 6) is 0.139. The second-order valence-electron chi connectivity index (χ2n) is 8.04. The van der Waals surface area contributed by atoms with Crippen LogP contribution in [0.5, 0.6) is 0 Å². The Balaban J connectivity index is 1.82. The van der Waals surface area contributed by atoms with Gasteiger partial charge in [-0.25, -0.2) is 0 Å². The molecule has 1 aliphatic heterocycles. The lowest BCUT2D eigenvalue weighted by molar-refractivity contribution is -0.945. The summed E-state index contributed by atoms with van der Waals surface area (Å²) < 4.78 is 0. The van der Waals surface area contributed by atoms with Gasteiger partial charge in [-0.2, -0.15) is 0 Å². The number of nitrogens with one attached hydrogen (secondary N) is 2. The van der Waals surface area contributed by atoms with Crippen molar-refractivity contribution in [2.45, 2.75) is 32.9 Å². The van der Waals surface area contributed by atoms with Crippen molar-refractivity contribution >= 4 is 11.6 Å². The number of anilines is 1. The molecule has 0 aliphatic carbocycles. The zero-order valence-electron chi connectivity index (χ0n) is 17.0. The van der Waals surface area contributed by atoms with Crippen LogP contribution in [0.1, 0.15) is 36.6 Å². The minimum Gasteiger partial charge on any atom is -0.378 e. The number of rotatable bonds is 6. The van der Waals surface area contributed by atoms with E-state index in [0.29, 0.717) is 6.54 Å². The second kappa shape index (κ2) is 8.57. The molecule has 1 aliphatic rings. The molecule has 4 heteroatoms. The molecule has 1 amide bonds. The highest BCUT2D eigenvalue weighted by Gasteiger charge is 2.29. The molecule has 2 N–H and O–H groups in total. The molecular formula is C23H32N3O+. The Kier molecular flexibility index (Phi) is 6.17. The lowest BCUT2D eigenvalue weighted by atomic mass is 9.96. The van der Waals surface area contributed by atoms with Crippen molar-refractivity contribution < 1.29 is 9.69 Å². The normalized spacial score (nSPS) is 17.3.